The molecule has 1 aliphatic heterocycles. The van der Waals surface area contributed by atoms with Gasteiger partial charge in [0.15, 0.2) is 0 Å². The maximum Gasteiger partial charge on any atom is 0.224 e. The number of morpholine rings is 1. The fourth-order valence-electron chi connectivity index (χ4n) is 2.64. The van der Waals surface area contributed by atoms with Gasteiger partial charge in [-0.3, -0.25) is 4.79 Å². The molecule has 0 atom stereocenters. The van der Waals surface area contributed by atoms with Crippen molar-refractivity contribution in [3.8, 4) is 0 Å². The first kappa shape index (κ1) is 16.0. The number of benzene rings is 1. The van der Waals surface area contributed by atoms with Crippen LogP contribution in [0.2, 0.25) is 0 Å². The van der Waals surface area contributed by atoms with Gasteiger partial charge in [0.2, 0.25) is 5.91 Å². The summed E-state index contributed by atoms with van der Waals surface area (Å²) < 4.78 is 5.40. The van der Waals surface area contributed by atoms with Gasteiger partial charge in [0.1, 0.15) is 0 Å². The van der Waals surface area contributed by atoms with Crippen molar-refractivity contribution in [2.45, 2.75) is 19.8 Å². The number of carbonyl (C=O) groups excluding carboxylic acids is 1. The van der Waals surface area contributed by atoms with E-state index in [1.54, 1.807) is 11.3 Å². The molecule has 0 bridgehead atoms. The molecule has 1 aromatic carbocycles. The number of nitrogens with zero attached hydrogens (tertiary/aromatic N) is 2. The van der Waals surface area contributed by atoms with Gasteiger partial charge < -0.3 is 15.0 Å². The molecule has 6 heteroatoms. The molecule has 5 nitrogen and oxygen atoms in total. The zero-order valence-electron chi connectivity index (χ0n) is 13.2. The van der Waals surface area contributed by atoms with Crippen LogP contribution in [0, 0.1) is 6.92 Å². The predicted molar refractivity (Wildman–Crippen MR) is 93.3 cm³/mol. The number of anilines is 2. The van der Waals surface area contributed by atoms with E-state index >= 15 is 0 Å². The highest BCUT2D eigenvalue weighted by Gasteiger charge is 2.15. The minimum atomic E-state index is 0.0244. The molecule has 0 unspecified atom stereocenters. The smallest absolute Gasteiger partial charge is 0.224 e. The van der Waals surface area contributed by atoms with E-state index in [-0.39, 0.29) is 5.91 Å². The number of rotatable bonds is 5. The molecule has 0 radical (unpaired) electrons. The number of hydrogen-bond donors (Lipinski definition) is 1. The van der Waals surface area contributed by atoms with Gasteiger partial charge in [0, 0.05) is 24.9 Å². The number of hydrogen-bond acceptors (Lipinski definition) is 5. The highest BCUT2D eigenvalue weighted by atomic mass is 32.1. The molecule has 1 fully saturated rings. The SMILES string of the molecule is Cc1nc(CCC(=O)Nc2ccccc2N2CCOCC2)cs1. The van der Waals surface area contributed by atoms with Crippen molar-refractivity contribution in [2.75, 3.05) is 36.5 Å². The Morgan fingerprint density at radius 2 is 2.13 bits per heavy atom. The molecule has 1 N–H and O–H groups in total. The second kappa shape index (κ2) is 7.57. The average Bonchev–Trinajstić information content (AvgIpc) is 3.00. The first-order valence-electron chi connectivity index (χ1n) is 7.85. The average molecular weight is 331 g/mol. The summed E-state index contributed by atoms with van der Waals surface area (Å²) in [4.78, 5) is 18.9. The fraction of sp³-hybridized carbons (Fsp3) is 0.412. The monoisotopic (exact) mass is 331 g/mol. The summed E-state index contributed by atoms with van der Waals surface area (Å²) in [7, 11) is 0. The van der Waals surface area contributed by atoms with Gasteiger partial charge >= 0.3 is 0 Å². The minimum Gasteiger partial charge on any atom is -0.378 e. The Balaban J connectivity index is 1.61. The number of para-hydroxylation sites is 2. The van der Waals surface area contributed by atoms with Crippen LogP contribution >= 0.6 is 11.3 Å². The zero-order valence-corrected chi connectivity index (χ0v) is 14.1. The lowest BCUT2D eigenvalue weighted by molar-refractivity contribution is -0.116. The summed E-state index contributed by atoms with van der Waals surface area (Å²) in [6, 6.07) is 7.95. The van der Waals surface area contributed by atoms with Gasteiger partial charge in [-0.25, -0.2) is 4.98 Å². The summed E-state index contributed by atoms with van der Waals surface area (Å²) in [5.74, 6) is 0.0244. The number of ether oxygens (including phenoxy) is 1. The molecule has 0 aliphatic carbocycles. The van der Waals surface area contributed by atoms with Crippen molar-refractivity contribution >= 4 is 28.6 Å². The molecule has 1 aliphatic rings. The van der Waals surface area contributed by atoms with E-state index in [1.807, 2.05) is 36.6 Å². The summed E-state index contributed by atoms with van der Waals surface area (Å²) in [5.41, 5.74) is 2.92. The number of thiazole rings is 1. The molecule has 23 heavy (non-hydrogen) atoms. The molecule has 1 saturated heterocycles. The third-order valence-electron chi connectivity index (χ3n) is 3.80. The van der Waals surface area contributed by atoms with E-state index in [9.17, 15) is 4.79 Å². The molecular formula is C17H21N3O2S. The van der Waals surface area contributed by atoms with Crippen LogP contribution in [-0.4, -0.2) is 37.2 Å². The summed E-state index contributed by atoms with van der Waals surface area (Å²) >= 11 is 1.62. The third kappa shape index (κ3) is 4.30. The molecule has 2 heterocycles. The normalized spacial score (nSPS) is 14.7. The Morgan fingerprint density at radius 1 is 1.35 bits per heavy atom. The molecular weight excluding hydrogens is 310 g/mol. The predicted octanol–water partition coefficient (Wildman–Crippen LogP) is 2.86. The summed E-state index contributed by atoms with van der Waals surface area (Å²) in [6.45, 7) is 5.14. The number of aromatic nitrogens is 1. The van der Waals surface area contributed by atoms with Gasteiger partial charge in [-0.15, -0.1) is 11.3 Å². The first-order chi connectivity index (χ1) is 11.2. The van der Waals surface area contributed by atoms with E-state index in [2.05, 4.69) is 15.2 Å². The van der Waals surface area contributed by atoms with Crippen LogP contribution in [-0.2, 0) is 16.0 Å². The quantitative estimate of drug-likeness (QED) is 0.915. The number of amides is 1. The molecule has 2 aromatic rings. The lowest BCUT2D eigenvalue weighted by Gasteiger charge is -2.30. The molecule has 0 spiro atoms. The van der Waals surface area contributed by atoms with Crippen molar-refractivity contribution in [3.05, 3.63) is 40.3 Å². The molecule has 0 saturated carbocycles. The Morgan fingerprint density at radius 3 is 2.87 bits per heavy atom. The maximum atomic E-state index is 12.2. The highest BCUT2D eigenvalue weighted by Crippen LogP contribution is 2.26. The fourth-order valence-corrected chi connectivity index (χ4v) is 3.28. The van der Waals surface area contributed by atoms with E-state index in [0.717, 1.165) is 48.4 Å². The Hall–Kier alpha value is -1.92. The largest absolute Gasteiger partial charge is 0.378 e. The standard InChI is InChI=1S/C17H21N3O2S/c1-13-18-14(12-23-13)6-7-17(21)19-15-4-2-3-5-16(15)20-8-10-22-11-9-20/h2-5,12H,6-11H2,1H3,(H,19,21). The van der Waals surface area contributed by atoms with Gasteiger partial charge in [0.05, 0.1) is 35.3 Å². The second-order valence-electron chi connectivity index (χ2n) is 5.52. The van der Waals surface area contributed by atoms with Gasteiger partial charge in [-0.05, 0) is 25.5 Å². The summed E-state index contributed by atoms with van der Waals surface area (Å²) in [6.07, 6.45) is 1.12. The van der Waals surface area contributed by atoms with Crippen molar-refractivity contribution in [1.82, 2.24) is 4.98 Å². The zero-order chi connectivity index (χ0) is 16.1. The lowest BCUT2D eigenvalue weighted by Crippen LogP contribution is -2.36. The van der Waals surface area contributed by atoms with Gasteiger partial charge in [-0.2, -0.15) is 0 Å². The van der Waals surface area contributed by atoms with Crippen molar-refractivity contribution in [3.63, 3.8) is 0 Å². The van der Waals surface area contributed by atoms with Crippen LogP contribution in [0.25, 0.3) is 0 Å². The number of nitrogens with one attached hydrogen (secondary N) is 1. The number of aryl methyl sites for hydroxylation is 2. The third-order valence-corrected chi connectivity index (χ3v) is 4.63. The van der Waals surface area contributed by atoms with Crippen LogP contribution < -0.4 is 10.2 Å². The Kier molecular flexibility index (Phi) is 5.25. The van der Waals surface area contributed by atoms with E-state index < -0.39 is 0 Å². The van der Waals surface area contributed by atoms with Crippen LogP contribution in [0.15, 0.2) is 29.6 Å². The summed E-state index contributed by atoms with van der Waals surface area (Å²) in [5, 5.41) is 6.10. The molecule has 3 rings (SSSR count). The van der Waals surface area contributed by atoms with Crippen molar-refractivity contribution in [1.29, 1.82) is 0 Å². The second-order valence-corrected chi connectivity index (χ2v) is 6.58. The minimum absolute atomic E-state index is 0.0244. The first-order valence-corrected chi connectivity index (χ1v) is 8.73. The van der Waals surface area contributed by atoms with Crippen LogP contribution in [0.3, 0.4) is 0 Å². The molecule has 122 valence electrons. The van der Waals surface area contributed by atoms with Gasteiger partial charge in [-0.1, -0.05) is 12.1 Å². The number of carbonyl (C=O) groups is 1. The van der Waals surface area contributed by atoms with E-state index in [4.69, 9.17) is 4.74 Å². The maximum absolute atomic E-state index is 12.2. The molecule has 1 aromatic heterocycles. The molecule has 1 amide bonds. The van der Waals surface area contributed by atoms with E-state index in [0.29, 0.717) is 12.8 Å². The van der Waals surface area contributed by atoms with E-state index in [1.165, 1.54) is 0 Å². The highest BCUT2D eigenvalue weighted by molar-refractivity contribution is 7.09. The van der Waals surface area contributed by atoms with Crippen molar-refractivity contribution in [2.24, 2.45) is 0 Å². The lowest BCUT2D eigenvalue weighted by atomic mass is 10.2. The van der Waals surface area contributed by atoms with Crippen LogP contribution in [0.1, 0.15) is 17.1 Å². The van der Waals surface area contributed by atoms with Crippen LogP contribution in [0.4, 0.5) is 11.4 Å². The van der Waals surface area contributed by atoms with Gasteiger partial charge in [0.25, 0.3) is 0 Å². The Bertz CT molecular complexity index is 665. The van der Waals surface area contributed by atoms with Crippen LogP contribution in [0.5, 0.6) is 0 Å². The topological polar surface area (TPSA) is 54.5 Å². The van der Waals surface area contributed by atoms with Crippen molar-refractivity contribution < 1.29 is 9.53 Å². The Labute approximate surface area is 140 Å².